The molecule has 1 aromatic carbocycles. The van der Waals surface area contributed by atoms with Crippen LogP contribution in [0.1, 0.15) is 35.7 Å². The first-order valence-electron chi connectivity index (χ1n) is 5.79. The number of rotatable bonds is 2. The second-order valence-electron chi connectivity index (χ2n) is 4.40. The minimum absolute atomic E-state index is 0.0195. The van der Waals surface area contributed by atoms with E-state index < -0.39 is 12.5 Å². The maximum Gasteiger partial charge on any atom is 0.257 e. The molecule has 1 saturated heterocycles. The van der Waals surface area contributed by atoms with E-state index in [1.54, 1.807) is 4.90 Å². The molecule has 92 valence electrons. The summed E-state index contributed by atoms with van der Waals surface area (Å²) in [6.45, 7) is 1.71. The van der Waals surface area contributed by atoms with Crippen LogP contribution in [0.5, 0.6) is 0 Å². The number of carbonyl (C=O) groups is 1. The summed E-state index contributed by atoms with van der Waals surface area (Å²) in [4.78, 5) is 13.8. The lowest BCUT2D eigenvalue weighted by molar-refractivity contribution is 0.0742. The van der Waals surface area contributed by atoms with E-state index in [9.17, 15) is 13.6 Å². The van der Waals surface area contributed by atoms with Crippen LogP contribution in [0.4, 0.5) is 8.78 Å². The number of likely N-dealkylation sites (tertiary alicyclic amines) is 1. The SMILES string of the molecule is CC1CCCN1C(=O)c1cccc(CF)c1F. The topological polar surface area (TPSA) is 20.3 Å². The van der Waals surface area contributed by atoms with Crippen molar-refractivity contribution in [1.29, 1.82) is 0 Å². The van der Waals surface area contributed by atoms with Crippen molar-refractivity contribution in [3.05, 3.63) is 35.1 Å². The summed E-state index contributed by atoms with van der Waals surface area (Å²) >= 11 is 0. The molecule has 1 atom stereocenters. The van der Waals surface area contributed by atoms with Crippen molar-refractivity contribution in [2.75, 3.05) is 6.54 Å². The Morgan fingerprint density at radius 2 is 2.29 bits per heavy atom. The molecule has 2 nitrogen and oxygen atoms in total. The van der Waals surface area contributed by atoms with Gasteiger partial charge in [-0.05, 0) is 25.8 Å². The first-order valence-corrected chi connectivity index (χ1v) is 5.79. The first-order chi connectivity index (χ1) is 8.15. The lowest BCUT2D eigenvalue weighted by Crippen LogP contribution is -2.34. The molecule has 1 aliphatic rings. The Kier molecular flexibility index (Phi) is 3.41. The molecule has 0 aliphatic carbocycles. The lowest BCUT2D eigenvalue weighted by atomic mass is 10.1. The molecule has 0 N–H and O–H groups in total. The Balaban J connectivity index is 2.30. The molecular formula is C13H15F2NO. The van der Waals surface area contributed by atoms with Gasteiger partial charge in [0.1, 0.15) is 12.5 Å². The number of amides is 1. The Morgan fingerprint density at radius 3 is 2.88 bits per heavy atom. The summed E-state index contributed by atoms with van der Waals surface area (Å²) in [5.74, 6) is -1.05. The predicted molar refractivity (Wildman–Crippen MR) is 60.9 cm³/mol. The summed E-state index contributed by atoms with van der Waals surface area (Å²) in [6, 6.07) is 4.43. The fraction of sp³-hybridized carbons (Fsp3) is 0.462. The number of nitrogens with zero attached hydrogens (tertiary/aromatic N) is 1. The van der Waals surface area contributed by atoms with Crippen molar-refractivity contribution < 1.29 is 13.6 Å². The third-order valence-corrected chi connectivity index (χ3v) is 3.27. The number of hydrogen-bond donors (Lipinski definition) is 0. The van der Waals surface area contributed by atoms with Crippen molar-refractivity contribution in [3.8, 4) is 0 Å². The van der Waals surface area contributed by atoms with Gasteiger partial charge in [0.15, 0.2) is 0 Å². The number of benzene rings is 1. The van der Waals surface area contributed by atoms with E-state index in [4.69, 9.17) is 0 Å². The molecule has 0 spiro atoms. The largest absolute Gasteiger partial charge is 0.336 e. The summed E-state index contributed by atoms with van der Waals surface area (Å²) in [7, 11) is 0. The summed E-state index contributed by atoms with van der Waals surface area (Å²) in [6.07, 6.45) is 1.88. The number of carbonyl (C=O) groups excluding carboxylic acids is 1. The Hall–Kier alpha value is -1.45. The fourth-order valence-electron chi connectivity index (χ4n) is 2.24. The standard InChI is InChI=1S/C13H15F2NO/c1-9-4-3-7-16(9)13(17)11-6-2-5-10(8-14)12(11)15/h2,5-6,9H,3-4,7-8H2,1H3. The quantitative estimate of drug-likeness (QED) is 0.777. The molecule has 1 heterocycles. The van der Waals surface area contributed by atoms with Crippen molar-refractivity contribution in [2.24, 2.45) is 0 Å². The highest BCUT2D eigenvalue weighted by Gasteiger charge is 2.28. The molecule has 4 heteroatoms. The minimum atomic E-state index is -0.886. The molecule has 17 heavy (non-hydrogen) atoms. The zero-order chi connectivity index (χ0) is 12.4. The van der Waals surface area contributed by atoms with Gasteiger partial charge in [0, 0.05) is 18.2 Å². The van der Waals surface area contributed by atoms with Gasteiger partial charge in [0.2, 0.25) is 0 Å². The van der Waals surface area contributed by atoms with Gasteiger partial charge in [0.25, 0.3) is 5.91 Å². The van der Waals surface area contributed by atoms with Crippen LogP contribution in [0.25, 0.3) is 0 Å². The molecule has 0 bridgehead atoms. The maximum absolute atomic E-state index is 13.8. The molecule has 1 aliphatic heterocycles. The van der Waals surface area contributed by atoms with Crippen molar-refractivity contribution in [1.82, 2.24) is 4.90 Å². The fourth-order valence-corrected chi connectivity index (χ4v) is 2.24. The van der Waals surface area contributed by atoms with Crippen LogP contribution in [0.15, 0.2) is 18.2 Å². The second kappa shape index (κ2) is 4.82. The van der Waals surface area contributed by atoms with Crippen molar-refractivity contribution in [3.63, 3.8) is 0 Å². The molecule has 2 rings (SSSR count). The van der Waals surface area contributed by atoms with Crippen LogP contribution in [0, 0.1) is 5.82 Å². The van der Waals surface area contributed by atoms with E-state index in [0.717, 1.165) is 12.8 Å². The summed E-state index contributed by atoms with van der Waals surface area (Å²) in [5.41, 5.74) is -0.0726. The highest BCUT2D eigenvalue weighted by Crippen LogP contribution is 2.22. The lowest BCUT2D eigenvalue weighted by Gasteiger charge is -2.21. The van der Waals surface area contributed by atoms with Crippen LogP contribution in [-0.2, 0) is 6.67 Å². The zero-order valence-corrected chi connectivity index (χ0v) is 9.75. The van der Waals surface area contributed by atoms with E-state index in [1.807, 2.05) is 6.92 Å². The average Bonchev–Trinajstić information content (AvgIpc) is 2.75. The molecule has 1 fully saturated rings. The number of alkyl halides is 1. The highest BCUT2D eigenvalue weighted by atomic mass is 19.1. The normalized spacial score (nSPS) is 19.7. The van der Waals surface area contributed by atoms with Gasteiger partial charge in [-0.25, -0.2) is 8.78 Å². The van der Waals surface area contributed by atoms with Gasteiger partial charge in [-0.15, -0.1) is 0 Å². The number of halogens is 2. The summed E-state index contributed by atoms with van der Waals surface area (Å²) in [5, 5.41) is 0. The van der Waals surface area contributed by atoms with Gasteiger partial charge in [-0.1, -0.05) is 12.1 Å². The van der Waals surface area contributed by atoms with Crippen LogP contribution >= 0.6 is 0 Å². The average molecular weight is 239 g/mol. The van der Waals surface area contributed by atoms with Gasteiger partial charge in [-0.2, -0.15) is 0 Å². The monoisotopic (exact) mass is 239 g/mol. The molecule has 1 aromatic rings. The van der Waals surface area contributed by atoms with Crippen molar-refractivity contribution >= 4 is 5.91 Å². The third-order valence-electron chi connectivity index (χ3n) is 3.27. The molecular weight excluding hydrogens is 224 g/mol. The van der Waals surface area contributed by atoms with Crippen LogP contribution in [0.3, 0.4) is 0 Å². The number of hydrogen-bond acceptors (Lipinski definition) is 1. The minimum Gasteiger partial charge on any atom is -0.336 e. The predicted octanol–water partition coefficient (Wildman–Crippen LogP) is 2.92. The van der Waals surface area contributed by atoms with Gasteiger partial charge in [0.05, 0.1) is 5.56 Å². The van der Waals surface area contributed by atoms with Crippen LogP contribution in [-0.4, -0.2) is 23.4 Å². The van der Waals surface area contributed by atoms with E-state index >= 15 is 0 Å². The second-order valence-corrected chi connectivity index (χ2v) is 4.40. The molecule has 0 radical (unpaired) electrons. The Morgan fingerprint density at radius 1 is 1.53 bits per heavy atom. The van der Waals surface area contributed by atoms with E-state index in [-0.39, 0.29) is 23.1 Å². The van der Waals surface area contributed by atoms with Crippen LogP contribution < -0.4 is 0 Å². The van der Waals surface area contributed by atoms with E-state index in [2.05, 4.69) is 0 Å². The van der Waals surface area contributed by atoms with E-state index in [0.29, 0.717) is 6.54 Å². The third kappa shape index (κ3) is 2.16. The molecule has 0 saturated carbocycles. The Bertz CT molecular complexity index is 433. The molecule has 0 aromatic heterocycles. The van der Waals surface area contributed by atoms with Gasteiger partial charge in [-0.3, -0.25) is 4.79 Å². The molecule has 1 amide bonds. The van der Waals surface area contributed by atoms with Gasteiger partial charge < -0.3 is 4.90 Å². The zero-order valence-electron chi connectivity index (χ0n) is 9.75. The van der Waals surface area contributed by atoms with E-state index in [1.165, 1.54) is 18.2 Å². The summed E-state index contributed by atoms with van der Waals surface area (Å²) < 4.78 is 26.3. The molecule has 1 unspecified atom stereocenters. The smallest absolute Gasteiger partial charge is 0.257 e. The highest BCUT2D eigenvalue weighted by molar-refractivity contribution is 5.95. The van der Waals surface area contributed by atoms with Gasteiger partial charge >= 0.3 is 0 Å². The Labute approximate surface area is 99.2 Å². The van der Waals surface area contributed by atoms with Crippen LogP contribution in [0.2, 0.25) is 0 Å². The van der Waals surface area contributed by atoms with Crippen molar-refractivity contribution in [2.45, 2.75) is 32.5 Å². The first kappa shape index (κ1) is 12.0. The maximum atomic E-state index is 13.8.